The van der Waals surface area contributed by atoms with Crippen molar-refractivity contribution >= 4 is 58.2 Å². The minimum Gasteiger partial charge on any atom is -0.352 e. The second-order valence-electron chi connectivity index (χ2n) is 6.06. The molecule has 0 spiro atoms. The number of benzene rings is 2. The highest BCUT2D eigenvalue weighted by atomic mass is 35.5. The molecule has 0 aliphatic rings. The van der Waals surface area contributed by atoms with Crippen LogP contribution in [-0.4, -0.2) is 24.9 Å². The molecule has 0 aliphatic carbocycles. The van der Waals surface area contributed by atoms with Gasteiger partial charge in [0.25, 0.3) is 11.8 Å². The third-order valence-corrected chi connectivity index (χ3v) is 4.99. The molecule has 2 N–H and O–H groups in total. The standard InChI is InChI=1S/C11H13Cl2NO.C10H11Cl2NO.2CH4/c1-2-3-7-14-11(15)10-8(12)5-4-6-9(10)13;1-2-6-13-10(14)9-7(11)4-3-5-8(9)12;;/h4-6H,2-3,7H2,1H3,(H,14,15);3-5H,2,6H2,1H3,(H,13,14);2*1H4. The molecule has 0 saturated heterocycles. The van der Waals surface area contributed by atoms with E-state index in [0.717, 1.165) is 19.3 Å². The normalized spacial score (nSPS) is 9.35. The number of carbonyl (C=O) groups excluding carboxylic acids is 2. The Morgan fingerprint density at radius 3 is 1.35 bits per heavy atom. The molecular formula is C23H32Cl4N2O2. The monoisotopic (exact) mass is 508 g/mol. The number of hydrogen-bond donors (Lipinski definition) is 2. The maximum atomic E-state index is 11.7. The van der Waals surface area contributed by atoms with Gasteiger partial charge in [-0.2, -0.15) is 0 Å². The Kier molecular flexibility index (Phi) is 17.5. The molecule has 174 valence electrons. The van der Waals surface area contributed by atoms with E-state index in [0.29, 0.717) is 44.3 Å². The quantitative estimate of drug-likeness (QED) is 0.372. The van der Waals surface area contributed by atoms with Gasteiger partial charge in [0.15, 0.2) is 0 Å². The molecule has 2 aromatic carbocycles. The van der Waals surface area contributed by atoms with E-state index in [4.69, 9.17) is 46.4 Å². The van der Waals surface area contributed by atoms with Crippen LogP contribution in [0.4, 0.5) is 0 Å². The summed E-state index contributed by atoms with van der Waals surface area (Å²) >= 11 is 23.5. The number of nitrogens with one attached hydrogen (secondary N) is 2. The van der Waals surface area contributed by atoms with E-state index < -0.39 is 0 Å². The molecular weight excluding hydrogens is 478 g/mol. The largest absolute Gasteiger partial charge is 0.352 e. The Balaban J connectivity index is 0. The zero-order valence-corrected chi connectivity index (χ0v) is 19.4. The van der Waals surface area contributed by atoms with Crippen molar-refractivity contribution in [3.05, 3.63) is 67.6 Å². The fourth-order valence-electron chi connectivity index (χ4n) is 2.22. The van der Waals surface area contributed by atoms with Crippen LogP contribution >= 0.6 is 46.4 Å². The van der Waals surface area contributed by atoms with Gasteiger partial charge in [0.05, 0.1) is 31.2 Å². The molecule has 0 aliphatic heterocycles. The Hall–Kier alpha value is -1.46. The lowest BCUT2D eigenvalue weighted by molar-refractivity contribution is 0.0945. The Bertz CT molecular complexity index is 789. The molecule has 0 aromatic heterocycles. The Morgan fingerprint density at radius 1 is 0.677 bits per heavy atom. The predicted octanol–water partition coefficient (Wildman–Crippen LogP) is 7.93. The topological polar surface area (TPSA) is 58.2 Å². The molecule has 0 bridgehead atoms. The molecule has 0 atom stereocenters. The van der Waals surface area contributed by atoms with Crippen LogP contribution in [0.25, 0.3) is 0 Å². The minimum atomic E-state index is -0.220. The molecule has 4 nitrogen and oxygen atoms in total. The highest BCUT2D eigenvalue weighted by Crippen LogP contribution is 2.24. The smallest absolute Gasteiger partial charge is 0.254 e. The van der Waals surface area contributed by atoms with Crippen LogP contribution in [0.15, 0.2) is 36.4 Å². The number of unbranched alkanes of at least 4 members (excludes halogenated alkanes) is 1. The predicted molar refractivity (Wildman–Crippen MR) is 136 cm³/mol. The van der Waals surface area contributed by atoms with Crippen LogP contribution in [0.2, 0.25) is 20.1 Å². The summed E-state index contributed by atoms with van der Waals surface area (Å²) in [6.07, 6.45) is 2.87. The lowest BCUT2D eigenvalue weighted by Crippen LogP contribution is -2.24. The molecule has 2 aromatic rings. The number of carbonyl (C=O) groups is 2. The summed E-state index contributed by atoms with van der Waals surface area (Å²) in [4.78, 5) is 23.2. The first-order chi connectivity index (χ1) is 13.8. The Morgan fingerprint density at radius 2 is 1.03 bits per heavy atom. The second-order valence-corrected chi connectivity index (χ2v) is 7.69. The van der Waals surface area contributed by atoms with Gasteiger partial charge in [-0.05, 0) is 37.1 Å². The summed E-state index contributed by atoms with van der Waals surface area (Å²) in [6.45, 7) is 5.32. The average Bonchev–Trinajstić information content (AvgIpc) is 2.67. The third-order valence-electron chi connectivity index (χ3n) is 3.73. The number of amides is 2. The van der Waals surface area contributed by atoms with Crippen molar-refractivity contribution in [1.29, 1.82) is 0 Å². The van der Waals surface area contributed by atoms with Crippen molar-refractivity contribution in [2.75, 3.05) is 13.1 Å². The van der Waals surface area contributed by atoms with Gasteiger partial charge in [-0.1, -0.05) is 93.7 Å². The third kappa shape index (κ3) is 10.6. The SMILES string of the molecule is C.C.CCCCNC(=O)c1c(Cl)cccc1Cl.CCCNC(=O)c1c(Cl)cccc1Cl. The van der Waals surface area contributed by atoms with E-state index in [1.54, 1.807) is 36.4 Å². The van der Waals surface area contributed by atoms with Gasteiger partial charge in [0.1, 0.15) is 0 Å². The van der Waals surface area contributed by atoms with Crippen molar-refractivity contribution in [2.45, 2.75) is 48.0 Å². The molecule has 0 saturated carbocycles. The minimum absolute atomic E-state index is 0. The van der Waals surface area contributed by atoms with Crippen molar-refractivity contribution < 1.29 is 9.59 Å². The lowest BCUT2D eigenvalue weighted by Gasteiger charge is -2.07. The fourth-order valence-corrected chi connectivity index (χ4v) is 3.36. The zero-order valence-electron chi connectivity index (χ0n) is 16.3. The number of rotatable bonds is 7. The highest BCUT2D eigenvalue weighted by molar-refractivity contribution is 6.40. The van der Waals surface area contributed by atoms with Crippen molar-refractivity contribution in [3.63, 3.8) is 0 Å². The number of hydrogen-bond acceptors (Lipinski definition) is 2. The average molecular weight is 510 g/mol. The second kappa shape index (κ2) is 17.1. The molecule has 31 heavy (non-hydrogen) atoms. The maximum absolute atomic E-state index is 11.7. The molecule has 0 unspecified atom stereocenters. The van der Waals surface area contributed by atoms with E-state index in [2.05, 4.69) is 17.6 Å². The molecule has 2 rings (SSSR count). The summed E-state index contributed by atoms with van der Waals surface area (Å²) in [6, 6.07) is 10.0. The van der Waals surface area contributed by atoms with Gasteiger partial charge in [-0.15, -0.1) is 0 Å². The first-order valence-electron chi connectivity index (χ1n) is 9.27. The van der Waals surface area contributed by atoms with Gasteiger partial charge in [-0.3, -0.25) is 9.59 Å². The molecule has 8 heteroatoms. The highest BCUT2D eigenvalue weighted by Gasteiger charge is 2.14. The van der Waals surface area contributed by atoms with E-state index in [-0.39, 0.29) is 26.7 Å². The van der Waals surface area contributed by atoms with Gasteiger partial charge >= 0.3 is 0 Å². The van der Waals surface area contributed by atoms with E-state index in [1.165, 1.54) is 0 Å². The summed E-state index contributed by atoms with van der Waals surface area (Å²) in [5.74, 6) is -0.429. The van der Waals surface area contributed by atoms with Gasteiger partial charge < -0.3 is 10.6 Å². The van der Waals surface area contributed by atoms with Gasteiger partial charge in [-0.25, -0.2) is 0 Å². The van der Waals surface area contributed by atoms with E-state index >= 15 is 0 Å². The molecule has 0 heterocycles. The lowest BCUT2D eigenvalue weighted by atomic mass is 10.2. The van der Waals surface area contributed by atoms with E-state index in [1.807, 2.05) is 6.92 Å². The molecule has 0 radical (unpaired) electrons. The summed E-state index contributed by atoms with van der Waals surface area (Å²) < 4.78 is 0. The molecule has 2 amide bonds. The van der Waals surface area contributed by atoms with Crippen LogP contribution in [0, 0.1) is 0 Å². The van der Waals surface area contributed by atoms with Crippen LogP contribution in [0.1, 0.15) is 68.7 Å². The zero-order chi connectivity index (χ0) is 21.8. The van der Waals surface area contributed by atoms with Gasteiger partial charge in [0, 0.05) is 13.1 Å². The first-order valence-corrected chi connectivity index (χ1v) is 10.8. The van der Waals surface area contributed by atoms with Crippen molar-refractivity contribution in [3.8, 4) is 0 Å². The molecule has 0 fully saturated rings. The summed E-state index contributed by atoms with van der Waals surface area (Å²) in [5.41, 5.74) is 0.709. The van der Waals surface area contributed by atoms with Crippen LogP contribution < -0.4 is 10.6 Å². The Labute approximate surface area is 206 Å². The van der Waals surface area contributed by atoms with Gasteiger partial charge in [0.2, 0.25) is 0 Å². The summed E-state index contributed by atoms with van der Waals surface area (Å²) in [7, 11) is 0. The summed E-state index contributed by atoms with van der Waals surface area (Å²) in [5, 5.41) is 7.03. The van der Waals surface area contributed by atoms with Crippen molar-refractivity contribution in [2.24, 2.45) is 0 Å². The number of halogens is 4. The van der Waals surface area contributed by atoms with Crippen molar-refractivity contribution in [1.82, 2.24) is 10.6 Å². The van der Waals surface area contributed by atoms with Crippen LogP contribution in [-0.2, 0) is 0 Å². The fraction of sp³-hybridized carbons (Fsp3) is 0.391. The maximum Gasteiger partial charge on any atom is 0.254 e. The van der Waals surface area contributed by atoms with Crippen LogP contribution in [0.3, 0.4) is 0 Å². The first kappa shape index (κ1) is 31.7. The van der Waals surface area contributed by atoms with Crippen LogP contribution in [0.5, 0.6) is 0 Å². The van der Waals surface area contributed by atoms with E-state index in [9.17, 15) is 9.59 Å².